The fraction of sp³-hybridized carbons (Fsp3) is 0.353. The second kappa shape index (κ2) is 4.45. The van der Waals surface area contributed by atoms with Crippen LogP contribution in [0.2, 0.25) is 0 Å². The van der Waals surface area contributed by atoms with Crippen LogP contribution in [-0.4, -0.2) is 43.9 Å². The molecule has 2 aliphatic rings. The van der Waals surface area contributed by atoms with Gasteiger partial charge in [0.2, 0.25) is 17.3 Å². The molecular weight excluding hydrogens is 316 g/mol. The number of aliphatic hydroxyl groups is 2. The maximum absolute atomic E-state index is 13.0. The molecule has 7 nitrogen and oxygen atoms in total. The summed E-state index contributed by atoms with van der Waals surface area (Å²) < 4.78 is 5.58. The predicted molar refractivity (Wildman–Crippen MR) is 81.2 cm³/mol. The molecular formula is C17H16O7. The Labute approximate surface area is 137 Å². The Bertz CT molecular complexity index is 875. The van der Waals surface area contributed by atoms with Gasteiger partial charge in [-0.05, 0) is 39.3 Å². The first-order valence-electron chi connectivity index (χ1n) is 7.27. The second-order valence-electron chi connectivity index (χ2n) is 6.36. The molecule has 1 aromatic rings. The van der Waals surface area contributed by atoms with Gasteiger partial charge in [-0.15, -0.1) is 0 Å². The Morgan fingerprint density at radius 3 is 2.17 bits per heavy atom. The van der Waals surface area contributed by atoms with Crippen molar-refractivity contribution in [3.63, 3.8) is 0 Å². The van der Waals surface area contributed by atoms with E-state index in [4.69, 9.17) is 4.74 Å². The molecule has 0 aromatic heterocycles. The lowest BCUT2D eigenvalue weighted by Gasteiger charge is -2.40. The number of phenolic OH excluding ortho intramolecular Hbond substituents is 1. The zero-order chi connectivity index (χ0) is 18.2. The van der Waals surface area contributed by atoms with Gasteiger partial charge in [0.25, 0.3) is 5.60 Å². The second-order valence-corrected chi connectivity index (χ2v) is 6.36. The van der Waals surface area contributed by atoms with Crippen LogP contribution in [0.15, 0.2) is 17.4 Å². The summed E-state index contributed by atoms with van der Waals surface area (Å²) >= 11 is 0. The molecule has 1 spiro atoms. The van der Waals surface area contributed by atoms with Gasteiger partial charge < -0.3 is 20.1 Å². The lowest BCUT2D eigenvalue weighted by Crippen LogP contribution is -2.70. The normalized spacial score (nSPS) is 29.3. The van der Waals surface area contributed by atoms with Crippen molar-refractivity contribution in [3.05, 3.63) is 34.1 Å². The third-order valence-electron chi connectivity index (χ3n) is 4.86. The number of ether oxygens (including phenoxy) is 1. The molecule has 0 radical (unpaired) electrons. The van der Waals surface area contributed by atoms with E-state index in [0.717, 1.165) is 6.92 Å². The van der Waals surface area contributed by atoms with Gasteiger partial charge in [-0.3, -0.25) is 14.4 Å². The summed E-state index contributed by atoms with van der Waals surface area (Å²) in [5.41, 5.74) is -4.85. The quantitative estimate of drug-likeness (QED) is 0.607. The van der Waals surface area contributed by atoms with Gasteiger partial charge in [0.05, 0.1) is 5.56 Å². The molecule has 3 N–H and O–H groups in total. The highest BCUT2D eigenvalue weighted by Gasteiger charge is 2.71. The predicted octanol–water partition coefficient (Wildman–Crippen LogP) is 1.06. The highest BCUT2D eigenvalue weighted by atomic mass is 16.5. The Hall–Kier alpha value is -2.67. The van der Waals surface area contributed by atoms with Gasteiger partial charge in [-0.25, -0.2) is 0 Å². The number of hydrogen-bond acceptors (Lipinski definition) is 7. The molecule has 0 saturated heterocycles. The monoisotopic (exact) mass is 332 g/mol. The fourth-order valence-electron chi connectivity index (χ4n) is 3.28. The molecule has 0 saturated carbocycles. The summed E-state index contributed by atoms with van der Waals surface area (Å²) in [7, 11) is 0. The van der Waals surface area contributed by atoms with Crippen LogP contribution in [0.25, 0.3) is 0 Å². The van der Waals surface area contributed by atoms with Crippen LogP contribution in [-0.2, 0) is 9.59 Å². The molecule has 1 aromatic carbocycles. The average Bonchev–Trinajstić information content (AvgIpc) is 2.84. The smallest absolute Gasteiger partial charge is 0.268 e. The van der Waals surface area contributed by atoms with E-state index >= 15 is 0 Å². The van der Waals surface area contributed by atoms with Crippen molar-refractivity contribution < 1.29 is 34.4 Å². The number of aryl methyl sites for hydroxylation is 1. The van der Waals surface area contributed by atoms with E-state index in [-0.39, 0.29) is 28.2 Å². The van der Waals surface area contributed by atoms with Crippen LogP contribution in [0, 0.1) is 13.8 Å². The number of aliphatic hydroxyl groups excluding tert-OH is 1. The first-order chi connectivity index (χ1) is 11.0. The first kappa shape index (κ1) is 16.2. The molecule has 3 rings (SSSR count). The van der Waals surface area contributed by atoms with Crippen molar-refractivity contribution >= 4 is 17.3 Å². The molecule has 1 aliphatic heterocycles. The van der Waals surface area contributed by atoms with Crippen molar-refractivity contribution in [2.45, 2.75) is 38.9 Å². The number of ketones is 3. The van der Waals surface area contributed by atoms with E-state index in [1.165, 1.54) is 19.9 Å². The van der Waals surface area contributed by atoms with Gasteiger partial charge in [0.1, 0.15) is 11.5 Å². The zero-order valence-electron chi connectivity index (χ0n) is 13.6. The van der Waals surface area contributed by atoms with E-state index in [0.29, 0.717) is 5.56 Å². The molecule has 1 aliphatic carbocycles. The summed E-state index contributed by atoms with van der Waals surface area (Å²) in [5, 5.41) is 30.4. The van der Waals surface area contributed by atoms with Crippen LogP contribution >= 0.6 is 0 Å². The minimum atomic E-state index is -2.59. The number of Topliss-reactive ketones (excluding diaryl/α,β-unsaturated/α-hetero) is 3. The van der Waals surface area contributed by atoms with Crippen molar-refractivity contribution in [1.29, 1.82) is 0 Å². The molecule has 7 heteroatoms. The topological polar surface area (TPSA) is 121 Å². The molecule has 24 heavy (non-hydrogen) atoms. The largest absolute Gasteiger partial charge is 0.508 e. The van der Waals surface area contributed by atoms with E-state index in [2.05, 4.69) is 0 Å². The standard InChI is InChI=1S/C17H16O7/c1-6-5-9(18)7(2)12-10(6)14(21)17(24-12)13(20)8(3)11(19)15(22)16(17,4)23/h5,18-19,23H,1-4H3/t16-,17+/m1/s1. The number of benzene rings is 1. The van der Waals surface area contributed by atoms with Crippen LogP contribution in [0.1, 0.15) is 35.3 Å². The van der Waals surface area contributed by atoms with Crippen LogP contribution in [0.4, 0.5) is 0 Å². The highest BCUT2D eigenvalue weighted by molar-refractivity contribution is 6.33. The number of carbonyl (C=O) groups excluding carboxylic acids is 3. The van der Waals surface area contributed by atoms with E-state index in [9.17, 15) is 29.7 Å². The van der Waals surface area contributed by atoms with Crippen molar-refractivity contribution in [3.8, 4) is 11.5 Å². The Kier molecular flexibility index (Phi) is 3.00. The average molecular weight is 332 g/mol. The summed E-state index contributed by atoms with van der Waals surface area (Å²) in [6, 6.07) is 1.35. The molecule has 0 unspecified atom stereocenters. The molecule has 0 fully saturated rings. The van der Waals surface area contributed by atoms with Crippen molar-refractivity contribution in [2.75, 3.05) is 0 Å². The van der Waals surface area contributed by atoms with Gasteiger partial charge >= 0.3 is 0 Å². The van der Waals surface area contributed by atoms with Crippen molar-refractivity contribution in [1.82, 2.24) is 0 Å². The van der Waals surface area contributed by atoms with Crippen LogP contribution in [0.5, 0.6) is 11.5 Å². The maximum atomic E-state index is 13.0. The zero-order valence-corrected chi connectivity index (χ0v) is 13.6. The van der Waals surface area contributed by atoms with Gasteiger partial charge in [0, 0.05) is 11.1 Å². The van der Waals surface area contributed by atoms with E-state index in [1.54, 1.807) is 6.92 Å². The maximum Gasteiger partial charge on any atom is 0.268 e. The number of carbonyl (C=O) groups is 3. The molecule has 2 atom stereocenters. The first-order valence-corrected chi connectivity index (χ1v) is 7.27. The number of aromatic hydroxyl groups is 1. The van der Waals surface area contributed by atoms with Gasteiger partial charge in [-0.2, -0.15) is 0 Å². The lowest BCUT2D eigenvalue weighted by atomic mass is 9.68. The Balaban J connectivity index is 2.37. The molecule has 0 bridgehead atoms. The minimum Gasteiger partial charge on any atom is -0.508 e. The lowest BCUT2D eigenvalue weighted by molar-refractivity contribution is -0.163. The van der Waals surface area contributed by atoms with Crippen molar-refractivity contribution in [2.24, 2.45) is 0 Å². The summed E-state index contributed by atoms with van der Waals surface area (Å²) in [6.07, 6.45) is 0. The number of fused-ring (bicyclic) bond motifs is 1. The Morgan fingerprint density at radius 1 is 1.00 bits per heavy atom. The summed E-state index contributed by atoms with van der Waals surface area (Å²) in [4.78, 5) is 38.1. The van der Waals surface area contributed by atoms with Crippen LogP contribution < -0.4 is 4.74 Å². The highest BCUT2D eigenvalue weighted by Crippen LogP contribution is 2.50. The van der Waals surface area contributed by atoms with Gasteiger partial charge in [0.15, 0.2) is 11.4 Å². The molecule has 126 valence electrons. The number of phenols is 1. The van der Waals surface area contributed by atoms with E-state index in [1.807, 2.05) is 0 Å². The molecule has 0 amide bonds. The number of rotatable bonds is 0. The third-order valence-corrected chi connectivity index (χ3v) is 4.86. The SMILES string of the molecule is CC1=C(O)C(=O)[C@@](C)(O)[C@]2(Oc3c(C)c(O)cc(C)c3C2=O)C1=O. The number of hydrogen-bond donors (Lipinski definition) is 3. The van der Waals surface area contributed by atoms with E-state index < -0.39 is 34.3 Å². The summed E-state index contributed by atoms with van der Waals surface area (Å²) in [5.74, 6) is -4.09. The fourth-order valence-corrected chi connectivity index (χ4v) is 3.28. The van der Waals surface area contributed by atoms with Gasteiger partial charge in [-0.1, -0.05) is 0 Å². The Morgan fingerprint density at radius 2 is 1.58 bits per heavy atom. The minimum absolute atomic E-state index is 0.0286. The third kappa shape index (κ3) is 1.52. The molecule has 1 heterocycles. The summed E-state index contributed by atoms with van der Waals surface area (Å²) in [6.45, 7) is 5.18. The van der Waals surface area contributed by atoms with Crippen LogP contribution in [0.3, 0.4) is 0 Å².